The molecule has 1 N–H and O–H groups in total. The summed E-state index contributed by atoms with van der Waals surface area (Å²) >= 11 is 0. The zero-order valence-corrected chi connectivity index (χ0v) is 20.6. The number of carbonyl (C=O) groups is 1. The zero-order valence-electron chi connectivity index (χ0n) is 20.6. The molecule has 1 saturated heterocycles. The van der Waals surface area contributed by atoms with Crippen molar-refractivity contribution in [1.29, 1.82) is 0 Å². The van der Waals surface area contributed by atoms with Crippen LogP contribution in [0.5, 0.6) is 0 Å². The van der Waals surface area contributed by atoms with Gasteiger partial charge in [-0.2, -0.15) is 0 Å². The Kier molecular flexibility index (Phi) is 7.34. The first-order valence-electron chi connectivity index (χ1n) is 13.3. The molecular weight excluding hydrogens is 418 g/mol. The monoisotopic (exact) mass is 457 g/mol. The molecule has 2 heterocycles. The summed E-state index contributed by atoms with van der Waals surface area (Å²) in [5.41, 5.74) is 5.30. The first-order valence-corrected chi connectivity index (χ1v) is 13.3. The lowest BCUT2D eigenvalue weighted by Crippen LogP contribution is -2.43. The Balaban J connectivity index is 1.22. The number of fused-ring (bicyclic) bond motifs is 1. The van der Waals surface area contributed by atoms with Crippen molar-refractivity contribution >= 4 is 16.8 Å². The number of aryl methyl sites for hydroxylation is 1. The number of para-hydroxylation sites is 1. The summed E-state index contributed by atoms with van der Waals surface area (Å²) in [6.07, 6.45) is 9.44. The maximum Gasteiger partial charge on any atom is 0.223 e. The van der Waals surface area contributed by atoms with E-state index in [0.29, 0.717) is 11.9 Å². The van der Waals surface area contributed by atoms with Crippen molar-refractivity contribution in [1.82, 2.24) is 14.8 Å². The van der Waals surface area contributed by atoms with Gasteiger partial charge in [-0.05, 0) is 68.8 Å². The molecule has 4 nitrogen and oxygen atoms in total. The van der Waals surface area contributed by atoms with Crippen LogP contribution in [0.3, 0.4) is 0 Å². The zero-order chi connectivity index (χ0) is 23.3. The molecule has 0 atom stereocenters. The van der Waals surface area contributed by atoms with Crippen LogP contribution in [0.1, 0.15) is 68.2 Å². The fourth-order valence-electron chi connectivity index (χ4n) is 5.79. The molecule has 1 aliphatic heterocycles. The number of likely N-dealkylation sites (tertiary alicyclic amines) is 1. The van der Waals surface area contributed by atoms with E-state index in [0.717, 1.165) is 51.9 Å². The Morgan fingerprint density at radius 3 is 2.32 bits per heavy atom. The number of rotatable bonds is 6. The highest BCUT2D eigenvalue weighted by molar-refractivity contribution is 5.81. The predicted octanol–water partition coefficient (Wildman–Crippen LogP) is 6.05. The molecule has 0 bridgehead atoms. The molecule has 1 saturated carbocycles. The summed E-state index contributed by atoms with van der Waals surface area (Å²) in [6, 6.07) is 20.4. The molecule has 4 heteroatoms. The summed E-state index contributed by atoms with van der Waals surface area (Å²) in [5.74, 6) is 0.484. The molecule has 1 amide bonds. The van der Waals surface area contributed by atoms with Crippen LogP contribution in [-0.2, 0) is 17.9 Å². The Morgan fingerprint density at radius 2 is 1.59 bits per heavy atom. The van der Waals surface area contributed by atoms with Crippen LogP contribution < -0.4 is 5.32 Å². The normalized spacial score (nSPS) is 18.7. The number of aromatic nitrogens is 1. The minimum atomic E-state index is 0.179. The Morgan fingerprint density at radius 1 is 0.882 bits per heavy atom. The molecule has 34 heavy (non-hydrogen) atoms. The van der Waals surface area contributed by atoms with Crippen LogP contribution in [-0.4, -0.2) is 34.5 Å². The van der Waals surface area contributed by atoms with Gasteiger partial charge in [-0.25, -0.2) is 0 Å². The second kappa shape index (κ2) is 10.8. The van der Waals surface area contributed by atoms with E-state index < -0.39 is 0 Å². The van der Waals surface area contributed by atoms with Gasteiger partial charge in [-0.3, -0.25) is 9.69 Å². The molecule has 0 unspecified atom stereocenters. The molecule has 2 aliphatic rings. The third-order valence-corrected chi connectivity index (χ3v) is 7.90. The van der Waals surface area contributed by atoms with E-state index in [2.05, 4.69) is 76.3 Å². The van der Waals surface area contributed by atoms with E-state index in [1.165, 1.54) is 53.4 Å². The maximum absolute atomic E-state index is 12.9. The van der Waals surface area contributed by atoms with Gasteiger partial charge in [-0.15, -0.1) is 0 Å². The number of carbonyl (C=O) groups excluding carboxylic acids is 1. The summed E-state index contributed by atoms with van der Waals surface area (Å²) in [5, 5.41) is 4.70. The number of benzene rings is 2. The van der Waals surface area contributed by atoms with Crippen molar-refractivity contribution in [2.75, 3.05) is 13.1 Å². The van der Waals surface area contributed by atoms with Crippen molar-refractivity contribution in [3.63, 3.8) is 0 Å². The Labute approximate surface area is 204 Å². The molecule has 5 rings (SSSR count). The second-order valence-corrected chi connectivity index (χ2v) is 10.5. The summed E-state index contributed by atoms with van der Waals surface area (Å²) in [6.45, 7) is 5.96. The number of amides is 1. The molecule has 1 aromatic heterocycles. The number of piperidine rings is 1. The lowest BCUT2D eigenvalue weighted by molar-refractivity contribution is -0.127. The minimum absolute atomic E-state index is 0.179. The van der Waals surface area contributed by atoms with Gasteiger partial charge < -0.3 is 9.88 Å². The van der Waals surface area contributed by atoms with Gasteiger partial charge in [0.2, 0.25) is 5.91 Å². The second-order valence-electron chi connectivity index (χ2n) is 10.5. The average Bonchev–Trinajstić information content (AvgIpc) is 3.00. The Hall–Kier alpha value is -2.59. The third-order valence-electron chi connectivity index (χ3n) is 7.90. The first-order chi connectivity index (χ1) is 16.7. The van der Waals surface area contributed by atoms with Crippen molar-refractivity contribution in [3.05, 3.63) is 71.4 Å². The lowest BCUT2D eigenvalue weighted by Gasteiger charge is -2.32. The SMILES string of the molecule is Cc1ccc(Cn2c(CN3CCC(C(=O)NC4CCCCCC4)CC3)cc3ccccc32)cc1. The van der Waals surface area contributed by atoms with Gasteiger partial charge >= 0.3 is 0 Å². The van der Waals surface area contributed by atoms with Gasteiger partial charge in [0.1, 0.15) is 0 Å². The standard InChI is InChI=1S/C30H39N3O/c1-23-12-14-24(15-13-23)21-33-28(20-26-8-6-7-11-29(26)33)22-32-18-16-25(17-19-32)30(34)31-27-9-4-2-3-5-10-27/h6-8,11-15,20,25,27H,2-5,9-10,16-19,21-22H2,1H3,(H,31,34). The molecule has 0 radical (unpaired) electrons. The average molecular weight is 458 g/mol. The van der Waals surface area contributed by atoms with Gasteiger partial charge in [0.25, 0.3) is 0 Å². The first kappa shape index (κ1) is 23.2. The smallest absolute Gasteiger partial charge is 0.223 e. The van der Waals surface area contributed by atoms with Crippen LogP contribution >= 0.6 is 0 Å². The van der Waals surface area contributed by atoms with Gasteiger partial charge in [-0.1, -0.05) is 73.7 Å². The quantitative estimate of drug-likeness (QED) is 0.458. The van der Waals surface area contributed by atoms with E-state index in [1.54, 1.807) is 0 Å². The lowest BCUT2D eigenvalue weighted by atomic mass is 9.95. The fourth-order valence-corrected chi connectivity index (χ4v) is 5.79. The number of nitrogens with zero attached hydrogens (tertiary/aromatic N) is 2. The summed E-state index contributed by atoms with van der Waals surface area (Å²) < 4.78 is 2.48. The number of hydrogen-bond acceptors (Lipinski definition) is 2. The summed E-state index contributed by atoms with van der Waals surface area (Å²) in [4.78, 5) is 15.4. The van der Waals surface area contributed by atoms with Crippen molar-refractivity contribution in [3.8, 4) is 0 Å². The molecule has 2 aromatic carbocycles. The highest BCUT2D eigenvalue weighted by Crippen LogP contribution is 2.26. The highest BCUT2D eigenvalue weighted by atomic mass is 16.1. The molecular formula is C30H39N3O. The van der Waals surface area contributed by atoms with Crippen molar-refractivity contribution in [2.24, 2.45) is 5.92 Å². The highest BCUT2D eigenvalue weighted by Gasteiger charge is 2.27. The van der Waals surface area contributed by atoms with E-state index in [1.807, 2.05) is 0 Å². The summed E-state index contributed by atoms with van der Waals surface area (Å²) in [7, 11) is 0. The molecule has 3 aromatic rings. The van der Waals surface area contributed by atoms with Crippen LogP contribution in [0.4, 0.5) is 0 Å². The largest absolute Gasteiger partial charge is 0.353 e. The maximum atomic E-state index is 12.9. The van der Waals surface area contributed by atoms with Crippen LogP contribution in [0, 0.1) is 12.8 Å². The fraction of sp³-hybridized carbons (Fsp3) is 0.500. The van der Waals surface area contributed by atoms with Crippen molar-refractivity contribution in [2.45, 2.75) is 77.4 Å². The molecule has 180 valence electrons. The van der Waals surface area contributed by atoms with Crippen LogP contribution in [0.2, 0.25) is 0 Å². The van der Waals surface area contributed by atoms with Gasteiger partial charge in [0.05, 0.1) is 0 Å². The van der Waals surface area contributed by atoms with Gasteiger partial charge in [0, 0.05) is 36.3 Å². The topological polar surface area (TPSA) is 37.3 Å². The molecule has 0 spiro atoms. The van der Waals surface area contributed by atoms with E-state index >= 15 is 0 Å². The molecule has 1 aliphatic carbocycles. The van der Waals surface area contributed by atoms with Gasteiger partial charge in [0.15, 0.2) is 0 Å². The molecule has 2 fully saturated rings. The van der Waals surface area contributed by atoms with E-state index in [4.69, 9.17) is 0 Å². The Bertz CT molecular complexity index is 1080. The van der Waals surface area contributed by atoms with E-state index in [9.17, 15) is 4.79 Å². The number of hydrogen-bond donors (Lipinski definition) is 1. The van der Waals surface area contributed by atoms with Crippen LogP contribution in [0.25, 0.3) is 10.9 Å². The number of nitrogens with one attached hydrogen (secondary N) is 1. The van der Waals surface area contributed by atoms with Crippen molar-refractivity contribution < 1.29 is 4.79 Å². The predicted molar refractivity (Wildman–Crippen MR) is 140 cm³/mol. The van der Waals surface area contributed by atoms with E-state index in [-0.39, 0.29) is 5.92 Å². The van der Waals surface area contributed by atoms with Crippen LogP contribution in [0.15, 0.2) is 54.6 Å². The third kappa shape index (κ3) is 5.55. The minimum Gasteiger partial charge on any atom is -0.353 e.